The van der Waals surface area contributed by atoms with Gasteiger partial charge in [0.25, 0.3) is 0 Å². The summed E-state index contributed by atoms with van der Waals surface area (Å²) in [7, 11) is 0. The van der Waals surface area contributed by atoms with E-state index in [1.165, 1.54) is 6.20 Å². The molecule has 1 aliphatic heterocycles. The number of carbonyl (C=O) groups is 1. The van der Waals surface area contributed by atoms with Crippen LogP contribution in [0, 0.1) is 0 Å². The Morgan fingerprint density at radius 2 is 2.04 bits per heavy atom. The molecule has 0 aliphatic carbocycles. The van der Waals surface area contributed by atoms with Crippen molar-refractivity contribution in [1.82, 2.24) is 20.1 Å². The minimum atomic E-state index is -0.369. The molecule has 8 heteroatoms. The number of benzene rings is 1. The normalized spacial score (nSPS) is 14.9. The van der Waals surface area contributed by atoms with E-state index in [0.29, 0.717) is 35.6 Å². The Labute approximate surface area is 160 Å². The summed E-state index contributed by atoms with van der Waals surface area (Å²) in [4.78, 5) is 17.9. The Bertz CT molecular complexity index is 923. The summed E-state index contributed by atoms with van der Waals surface area (Å²) in [5.41, 5.74) is 0.790. The van der Waals surface area contributed by atoms with E-state index >= 15 is 0 Å². The fraction of sp³-hybridized carbons (Fsp3) is 0.263. The van der Waals surface area contributed by atoms with Gasteiger partial charge < -0.3 is 14.1 Å². The van der Waals surface area contributed by atoms with E-state index in [0.717, 1.165) is 18.4 Å². The number of halogens is 1. The van der Waals surface area contributed by atoms with Gasteiger partial charge in [0.2, 0.25) is 11.8 Å². The highest BCUT2D eigenvalue weighted by atomic mass is 35.5. The second-order valence-corrected chi connectivity index (χ2v) is 6.71. The quantitative estimate of drug-likeness (QED) is 0.674. The van der Waals surface area contributed by atoms with E-state index in [-0.39, 0.29) is 12.0 Å². The Balaban J connectivity index is 1.36. The minimum absolute atomic E-state index is 0.118. The fourth-order valence-electron chi connectivity index (χ4n) is 3.02. The second kappa shape index (κ2) is 7.75. The highest BCUT2D eigenvalue weighted by molar-refractivity contribution is 6.30. The highest BCUT2D eigenvalue weighted by Gasteiger charge is 2.28. The molecule has 0 saturated carbocycles. The van der Waals surface area contributed by atoms with Crippen molar-refractivity contribution in [2.45, 2.75) is 18.8 Å². The van der Waals surface area contributed by atoms with Crippen LogP contribution in [0.25, 0.3) is 11.5 Å². The van der Waals surface area contributed by atoms with Crippen molar-refractivity contribution in [3.05, 3.63) is 59.7 Å². The number of nitrogens with zero attached hydrogens (tertiary/aromatic N) is 4. The monoisotopic (exact) mass is 384 g/mol. The molecule has 1 aromatic carbocycles. The maximum absolute atomic E-state index is 12.2. The first kappa shape index (κ1) is 17.5. The molecule has 0 spiro atoms. The standard InChI is InChI=1S/C19H17ClN4O3/c20-15-4-1-3-14(11-15)18-23-22-17(27-18)13-6-9-24(10-7-13)19(25)26-16-5-2-8-21-12-16/h1-5,8,11-13H,6-7,9-10H2. The number of hydrogen-bond acceptors (Lipinski definition) is 6. The third-order valence-corrected chi connectivity index (χ3v) is 4.69. The van der Waals surface area contributed by atoms with E-state index in [2.05, 4.69) is 15.2 Å². The van der Waals surface area contributed by atoms with E-state index in [1.807, 2.05) is 12.1 Å². The first-order valence-electron chi connectivity index (χ1n) is 8.65. The van der Waals surface area contributed by atoms with Gasteiger partial charge in [-0.15, -0.1) is 10.2 Å². The zero-order valence-electron chi connectivity index (χ0n) is 14.4. The van der Waals surface area contributed by atoms with Gasteiger partial charge in [0.15, 0.2) is 5.75 Å². The summed E-state index contributed by atoms with van der Waals surface area (Å²) < 4.78 is 11.2. The van der Waals surface area contributed by atoms with Crippen LogP contribution in [-0.2, 0) is 0 Å². The Hall–Kier alpha value is -2.93. The topological polar surface area (TPSA) is 81.4 Å². The predicted molar refractivity (Wildman–Crippen MR) is 98.6 cm³/mol. The Kier molecular flexibility index (Phi) is 5.02. The molecule has 0 atom stereocenters. The summed E-state index contributed by atoms with van der Waals surface area (Å²) in [6.45, 7) is 1.14. The third-order valence-electron chi connectivity index (χ3n) is 4.45. The van der Waals surface area contributed by atoms with Gasteiger partial charge in [-0.05, 0) is 43.2 Å². The number of piperidine rings is 1. The van der Waals surface area contributed by atoms with E-state index in [1.54, 1.807) is 35.4 Å². The number of likely N-dealkylation sites (tertiary alicyclic amines) is 1. The molecule has 27 heavy (non-hydrogen) atoms. The molecule has 138 valence electrons. The smallest absolute Gasteiger partial charge is 0.415 e. The van der Waals surface area contributed by atoms with Gasteiger partial charge in [-0.3, -0.25) is 4.98 Å². The minimum Gasteiger partial charge on any atom is -0.420 e. The molecule has 0 bridgehead atoms. The van der Waals surface area contributed by atoms with Crippen LogP contribution >= 0.6 is 11.6 Å². The van der Waals surface area contributed by atoms with E-state index in [9.17, 15) is 4.79 Å². The lowest BCUT2D eigenvalue weighted by molar-refractivity contribution is 0.136. The van der Waals surface area contributed by atoms with E-state index < -0.39 is 0 Å². The Morgan fingerprint density at radius 1 is 1.19 bits per heavy atom. The first-order chi connectivity index (χ1) is 13.2. The number of pyridine rings is 1. The lowest BCUT2D eigenvalue weighted by Crippen LogP contribution is -2.39. The number of aromatic nitrogens is 3. The predicted octanol–water partition coefficient (Wildman–Crippen LogP) is 4.16. The maximum atomic E-state index is 12.2. The fourth-order valence-corrected chi connectivity index (χ4v) is 3.21. The molecule has 1 amide bonds. The number of hydrogen-bond donors (Lipinski definition) is 0. The SMILES string of the molecule is O=C(Oc1cccnc1)N1CCC(c2nnc(-c3cccc(Cl)c3)o2)CC1. The van der Waals surface area contributed by atoms with Gasteiger partial charge in [0.05, 0.1) is 6.20 Å². The molecule has 1 aliphatic rings. The van der Waals surface area contributed by atoms with Crippen molar-refractivity contribution in [2.24, 2.45) is 0 Å². The van der Waals surface area contributed by atoms with Crippen molar-refractivity contribution < 1.29 is 13.9 Å². The summed E-state index contributed by atoms with van der Waals surface area (Å²) >= 11 is 6.01. The molecule has 4 rings (SSSR count). The molecule has 0 unspecified atom stereocenters. The molecule has 0 N–H and O–H groups in total. The molecule has 1 saturated heterocycles. The summed E-state index contributed by atoms with van der Waals surface area (Å²) in [5, 5.41) is 8.92. The largest absolute Gasteiger partial charge is 0.420 e. The van der Waals surface area contributed by atoms with E-state index in [4.69, 9.17) is 20.8 Å². The zero-order chi connectivity index (χ0) is 18.6. The van der Waals surface area contributed by atoms with Crippen LogP contribution in [0.5, 0.6) is 5.75 Å². The van der Waals surface area contributed by atoms with Gasteiger partial charge in [0.1, 0.15) is 0 Å². The lowest BCUT2D eigenvalue weighted by Gasteiger charge is -2.29. The Morgan fingerprint density at radius 3 is 2.78 bits per heavy atom. The van der Waals surface area contributed by atoms with Crippen LogP contribution in [0.15, 0.2) is 53.2 Å². The molecule has 3 aromatic rings. The number of rotatable bonds is 3. The van der Waals surface area contributed by atoms with Crippen LogP contribution in [0.2, 0.25) is 5.02 Å². The van der Waals surface area contributed by atoms with Crippen molar-refractivity contribution in [3.63, 3.8) is 0 Å². The second-order valence-electron chi connectivity index (χ2n) is 6.27. The summed E-state index contributed by atoms with van der Waals surface area (Å²) in [6, 6.07) is 10.7. The van der Waals surface area contributed by atoms with Crippen molar-refractivity contribution in [1.29, 1.82) is 0 Å². The first-order valence-corrected chi connectivity index (χ1v) is 9.03. The molecule has 3 heterocycles. The lowest BCUT2D eigenvalue weighted by atomic mass is 9.97. The highest BCUT2D eigenvalue weighted by Crippen LogP contribution is 2.30. The molecular weight excluding hydrogens is 368 g/mol. The maximum Gasteiger partial charge on any atom is 0.415 e. The van der Waals surface area contributed by atoms with Gasteiger partial charge in [-0.2, -0.15) is 0 Å². The zero-order valence-corrected chi connectivity index (χ0v) is 15.2. The number of amides is 1. The third kappa shape index (κ3) is 4.09. The number of carbonyl (C=O) groups excluding carboxylic acids is 1. The van der Waals surface area contributed by atoms with Crippen molar-refractivity contribution in [3.8, 4) is 17.2 Å². The average Bonchev–Trinajstić information content (AvgIpc) is 3.19. The van der Waals surface area contributed by atoms with Crippen LogP contribution < -0.4 is 4.74 Å². The van der Waals surface area contributed by atoms with Crippen molar-refractivity contribution >= 4 is 17.7 Å². The average molecular weight is 385 g/mol. The molecule has 1 fully saturated rings. The molecule has 0 radical (unpaired) electrons. The van der Waals surface area contributed by atoms with Crippen LogP contribution in [-0.4, -0.2) is 39.3 Å². The van der Waals surface area contributed by atoms with Gasteiger partial charge in [-0.1, -0.05) is 17.7 Å². The van der Waals surface area contributed by atoms with Gasteiger partial charge >= 0.3 is 6.09 Å². The van der Waals surface area contributed by atoms with Crippen LogP contribution in [0.4, 0.5) is 4.79 Å². The van der Waals surface area contributed by atoms with Gasteiger partial charge in [-0.25, -0.2) is 4.79 Å². The molecule has 2 aromatic heterocycles. The number of ether oxygens (including phenoxy) is 1. The summed E-state index contributed by atoms with van der Waals surface area (Å²) in [5.74, 6) is 1.59. The molecular formula is C19H17ClN4O3. The molecule has 7 nitrogen and oxygen atoms in total. The van der Waals surface area contributed by atoms with Crippen molar-refractivity contribution in [2.75, 3.05) is 13.1 Å². The van der Waals surface area contributed by atoms with Crippen LogP contribution in [0.3, 0.4) is 0 Å². The van der Waals surface area contributed by atoms with Gasteiger partial charge in [0, 0.05) is 35.8 Å². The van der Waals surface area contributed by atoms with Crippen LogP contribution in [0.1, 0.15) is 24.7 Å². The summed E-state index contributed by atoms with van der Waals surface area (Å²) in [6.07, 6.45) is 4.25.